The smallest absolute Gasteiger partial charge is 0.159 e. The molecule has 0 radical (unpaired) electrons. The summed E-state index contributed by atoms with van der Waals surface area (Å²) in [6.45, 7) is 0. The Kier molecular flexibility index (Phi) is 1.37. The molecule has 4 atom stereocenters. The predicted octanol–water partition coefficient (Wildman–Crippen LogP) is 2.12. The number of hydrogen-bond acceptors (Lipinski definition) is 1. The molecule has 3 aliphatic carbocycles. The molecule has 0 heterocycles. The fourth-order valence-corrected chi connectivity index (χ4v) is 2.98. The van der Waals surface area contributed by atoms with Crippen LogP contribution in [0.1, 0.15) is 6.42 Å². The van der Waals surface area contributed by atoms with Crippen molar-refractivity contribution in [2.75, 3.05) is 0 Å². The molecule has 1 fully saturated rings. The topological polar surface area (TPSA) is 17.1 Å². The Hall–Kier alpha value is -1.11. The molecule has 0 saturated heterocycles. The summed E-state index contributed by atoms with van der Waals surface area (Å²) in [5.41, 5.74) is 0. The second-order valence-electron chi connectivity index (χ2n) is 4.20. The molecule has 13 heavy (non-hydrogen) atoms. The van der Waals surface area contributed by atoms with Gasteiger partial charge in [0.25, 0.3) is 0 Å². The molecule has 3 aliphatic rings. The summed E-state index contributed by atoms with van der Waals surface area (Å²) in [6.07, 6.45) is 13.6. The van der Waals surface area contributed by atoms with Crippen molar-refractivity contribution in [2.45, 2.75) is 6.42 Å². The fourth-order valence-electron chi connectivity index (χ4n) is 2.98. The van der Waals surface area contributed by atoms with E-state index in [1.54, 1.807) is 6.08 Å². The Morgan fingerprint density at radius 1 is 1.08 bits per heavy atom. The first-order valence-electron chi connectivity index (χ1n) is 4.93. The SMILES string of the molecule is O=C1C=CC=C[C@H]2[C@@H]1[C@H]1C=C[C@H]2C1. The van der Waals surface area contributed by atoms with Crippen molar-refractivity contribution >= 4 is 5.78 Å². The van der Waals surface area contributed by atoms with E-state index in [-0.39, 0.29) is 5.92 Å². The molecule has 3 rings (SSSR count). The summed E-state index contributed by atoms with van der Waals surface area (Å²) in [6, 6.07) is 0. The van der Waals surface area contributed by atoms with Gasteiger partial charge in [0.15, 0.2) is 5.78 Å². The van der Waals surface area contributed by atoms with Gasteiger partial charge in [-0.1, -0.05) is 30.4 Å². The Morgan fingerprint density at radius 3 is 2.85 bits per heavy atom. The third-order valence-electron chi connectivity index (χ3n) is 3.55. The van der Waals surface area contributed by atoms with Crippen LogP contribution in [0, 0.1) is 23.7 Å². The number of ketones is 1. The van der Waals surface area contributed by atoms with Crippen molar-refractivity contribution in [3.8, 4) is 0 Å². The van der Waals surface area contributed by atoms with E-state index in [0.29, 0.717) is 23.5 Å². The van der Waals surface area contributed by atoms with Crippen LogP contribution in [0.25, 0.3) is 0 Å². The van der Waals surface area contributed by atoms with Crippen molar-refractivity contribution in [1.29, 1.82) is 0 Å². The van der Waals surface area contributed by atoms with Gasteiger partial charge < -0.3 is 0 Å². The molecule has 0 aromatic carbocycles. The van der Waals surface area contributed by atoms with E-state index in [9.17, 15) is 4.79 Å². The van der Waals surface area contributed by atoms with E-state index < -0.39 is 0 Å². The number of allylic oxidation sites excluding steroid dienone is 6. The van der Waals surface area contributed by atoms with Crippen LogP contribution in [0.2, 0.25) is 0 Å². The highest BCUT2D eigenvalue weighted by Crippen LogP contribution is 2.49. The molecule has 0 aromatic rings. The van der Waals surface area contributed by atoms with E-state index in [0.717, 1.165) is 0 Å². The summed E-state index contributed by atoms with van der Waals surface area (Å²) in [5, 5.41) is 0. The molecule has 0 spiro atoms. The van der Waals surface area contributed by atoms with Crippen LogP contribution in [0.4, 0.5) is 0 Å². The van der Waals surface area contributed by atoms with Crippen LogP contribution in [0.5, 0.6) is 0 Å². The molecule has 0 amide bonds. The van der Waals surface area contributed by atoms with Gasteiger partial charge in [-0.3, -0.25) is 4.79 Å². The van der Waals surface area contributed by atoms with Crippen molar-refractivity contribution < 1.29 is 4.79 Å². The average molecular weight is 172 g/mol. The third kappa shape index (κ3) is 0.902. The van der Waals surface area contributed by atoms with Gasteiger partial charge in [-0.05, 0) is 30.3 Å². The van der Waals surface area contributed by atoms with Crippen molar-refractivity contribution in [3.05, 3.63) is 36.5 Å². The molecule has 2 bridgehead atoms. The van der Waals surface area contributed by atoms with E-state index >= 15 is 0 Å². The molecule has 1 saturated carbocycles. The largest absolute Gasteiger partial charge is 0.294 e. The maximum absolute atomic E-state index is 11.7. The lowest BCUT2D eigenvalue weighted by atomic mass is 9.81. The standard InChI is InChI=1S/C12H12O/c13-11-4-2-1-3-10-8-5-6-9(7-8)12(10)11/h1-6,8-10,12H,7H2/t8-,9-,10+,12-/m0/s1. The first-order valence-corrected chi connectivity index (χ1v) is 4.93. The second kappa shape index (κ2) is 2.44. The van der Waals surface area contributed by atoms with Crippen molar-refractivity contribution in [3.63, 3.8) is 0 Å². The molecule has 1 nitrogen and oxygen atoms in total. The molecule has 0 aromatic heterocycles. The van der Waals surface area contributed by atoms with Crippen LogP contribution < -0.4 is 0 Å². The highest BCUT2D eigenvalue weighted by molar-refractivity contribution is 5.93. The van der Waals surface area contributed by atoms with Gasteiger partial charge >= 0.3 is 0 Å². The third-order valence-corrected chi connectivity index (χ3v) is 3.55. The molecule has 0 N–H and O–H groups in total. The van der Waals surface area contributed by atoms with E-state index in [1.807, 2.05) is 12.2 Å². The van der Waals surface area contributed by atoms with Gasteiger partial charge in [0.1, 0.15) is 0 Å². The van der Waals surface area contributed by atoms with Crippen LogP contribution in [0.15, 0.2) is 36.5 Å². The summed E-state index contributed by atoms with van der Waals surface area (Å²) in [5.74, 6) is 2.22. The summed E-state index contributed by atoms with van der Waals surface area (Å²) >= 11 is 0. The number of carbonyl (C=O) groups excluding carboxylic acids is 1. The summed E-state index contributed by atoms with van der Waals surface area (Å²) in [7, 11) is 0. The minimum absolute atomic E-state index is 0.255. The second-order valence-corrected chi connectivity index (χ2v) is 4.20. The van der Waals surface area contributed by atoms with Gasteiger partial charge in [0.2, 0.25) is 0 Å². The van der Waals surface area contributed by atoms with Crippen LogP contribution in [-0.4, -0.2) is 5.78 Å². The monoisotopic (exact) mass is 172 g/mol. The van der Waals surface area contributed by atoms with Crippen LogP contribution in [-0.2, 0) is 4.79 Å². The quantitative estimate of drug-likeness (QED) is 0.511. The molecule has 1 heteroatoms. The highest BCUT2D eigenvalue weighted by Gasteiger charge is 2.46. The Bertz CT molecular complexity index is 335. The maximum atomic E-state index is 11.7. The zero-order valence-corrected chi connectivity index (χ0v) is 7.39. The zero-order chi connectivity index (χ0) is 8.84. The molecular weight excluding hydrogens is 160 g/mol. The maximum Gasteiger partial charge on any atom is 0.159 e. The van der Waals surface area contributed by atoms with Gasteiger partial charge in [0, 0.05) is 5.92 Å². The van der Waals surface area contributed by atoms with Gasteiger partial charge in [-0.25, -0.2) is 0 Å². The summed E-state index contributed by atoms with van der Waals surface area (Å²) < 4.78 is 0. The van der Waals surface area contributed by atoms with E-state index in [2.05, 4.69) is 18.2 Å². The van der Waals surface area contributed by atoms with Crippen LogP contribution >= 0.6 is 0 Å². The van der Waals surface area contributed by atoms with Crippen molar-refractivity contribution in [2.24, 2.45) is 23.7 Å². The first kappa shape index (κ1) is 7.31. The van der Waals surface area contributed by atoms with E-state index in [4.69, 9.17) is 0 Å². The van der Waals surface area contributed by atoms with Crippen LogP contribution in [0.3, 0.4) is 0 Å². The molecular formula is C12H12O. The highest BCUT2D eigenvalue weighted by atomic mass is 16.1. The minimum atomic E-state index is 0.255. The minimum Gasteiger partial charge on any atom is -0.294 e. The molecule has 66 valence electrons. The number of hydrogen-bond donors (Lipinski definition) is 0. The van der Waals surface area contributed by atoms with Gasteiger partial charge in [0.05, 0.1) is 0 Å². The predicted molar refractivity (Wildman–Crippen MR) is 51.0 cm³/mol. The Labute approximate surface area is 77.8 Å². The normalized spacial score (nSPS) is 45.4. The molecule has 0 aliphatic heterocycles. The number of rotatable bonds is 0. The lowest BCUT2D eigenvalue weighted by Crippen LogP contribution is -2.24. The van der Waals surface area contributed by atoms with Gasteiger partial charge in [-0.2, -0.15) is 0 Å². The number of carbonyl (C=O) groups is 1. The lowest BCUT2D eigenvalue weighted by Gasteiger charge is -2.21. The Morgan fingerprint density at radius 2 is 1.92 bits per heavy atom. The Balaban J connectivity index is 2.05. The van der Waals surface area contributed by atoms with Gasteiger partial charge in [-0.15, -0.1) is 0 Å². The van der Waals surface area contributed by atoms with Crippen molar-refractivity contribution in [1.82, 2.24) is 0 Å². The van der Waals surface area contributed by atoms with E-state index in [1.165, 1.54) is 6.42 Å². The average Bonchev–Trinajstić information content (AvgIpc) is 2.66. The lowest BCUT2D eigenvalue weighted by molar-refractivity contribution is -0.119. The molecule has 0 unspecified atom stereocenters. The zero-order valence-electron chi connectivity index (χ0n) is 7.39. The number of fused-ring (bicyclic) bond motifs is 5. The fraction of sp³-hybridized carbons (Fsp3) is 0.417. The first-order chi connectivity index (χ1) is 6.36. The summed E-state index contributed by atoms with van der Waals surface area (Å²) in [4.78, 5) is 11.7.